The van der Waals surface area contributed by atoms with Gasteiger partial charge in [-0.2, -0.15) is 0 Å². The summed E-state index contributed by atoms with van der Waals surface area (Å²) in [7, 11) is 0.642. The van der Waals surface area contributed by atoms with E-state index in [-0.39, 0.29) is 36.9 Å². The van der Waals surface area contributed by atoms with Gasteiger partial charge in [0.25, 0.3) is 8.32 Å². The minimum atomic E-state index is -2.63. The van der Waals surface area contributed by atoms with Crippen LogP contribution in [0, 0.1) is 0 Å². The van der Waals surface area contributed by atoms with Crippen molar-refractivity contribution in [2.24, 2.45) is 0 Å². The molecule has 1 aliphatic heterocycles. The van der Waals surface area contributed by atoms with Crippen LogP contribution in [0.5, 0.6) is 0 Å². The van der Waals surface area contributed by atoms with Gasteiger partial charge in [0.05, 0.1) is 24.9 Å². The lowest BCUT2D eigenvalue weighted by Gasteiger charge is -2.43. The minimum absolute atomic E-state index is 0.0432. The van der Waals surface area contributed by atoms with Gasteiger partial charge in [-0.1, -0.05) is 81.4 Å². The van der Waals surface area contributed by atoms with Crippen molar-refractivity contribution in [1.82, 2.24) is 0 Å². The average Bonchev–Trinajstić information content (AvgIpc) is 3.26. The van der Waals surface area contributed by atoms with Crippen LogP contribution in [0.15, 0.2) is 60.7 Å². The zero-order valence-electron chi connectivity index (χ0n) is 24.8. The molecule has 0 amide bonds. The lowest BCUT2D eigenvalue weighted by molar-refractivity contribution is -0.151. The summed E-state index contributed by atoms with van der Waals surface area (Å²) in [6, 6.07) is 21.4. The molecule has 39 heavy (non-hydrogen) atoms. The third-order valence-corrected chi connectivity index (χ3v) is 12.2. The lowest BCUT2D eigenvalue weighted by Crippen LogP contribution is -2.66. The number of benzene rings is 2. The normalized spacial score (nSPS) is 19.2. The zero-order valence-corrected chi connectivity index (χ0v) is 25.8. The maximum atomic E-state index is 7.11. The fraction of sp³-hybridized carbons (Fsp3) is 0.613. The van der Waals surface area contributed by atoms with Crippen molar-refractivity contribution >= 4 is 18.7 Å². The molecule has 1 fully saturated rings. The summed E-state index contributed by atoms with van der Waals surface area (Å²) < 4.78 is 41.6. The molecule has 0 bridgehead atoms. The average molecular weight is 561 g/mol. The van der Waals surface area contributed by atoms with Gasteiger partial charge in [-0.3, -0.25) is 0 Å². The van der Waals surface area contributed by atoms with Gasteiger partial charge in [0.2, 0.25) is 0 Å². The molecule has 0 spiro atoms. The topological polar surface area (TPSA) is 64.6 Å². The first-order chi connectivity index (χ1) is 18.6. The molecule has 1 heterocycles. The third kappa shape index (κ3) is 8.93. The highest BCUT2D eigenvalue weighted by atomic mass is 28.4. The van der Waals surface area contributed by atoms with Crippen LogP contribution in [0.4, 0.5) is 0 Å². The molecule has 7 nitrogen and oxygen atoms in total. The Kier molecular flexibility index (Phi) is 12.1. The van der Waals surface area contributed by atoms with Crippen LogP contribution < -0.4 is 10.4 Å². The van der Waals surface area contributed by atoms with Crippen LogP contribution >= 0.6 is 0 Å². The summed E-state index contributed by atoms with van der Waals surface area (Å²) in [6.07, 6.45) is 1.77. The molecule has 0 saturated carbocycles. The highest BCUT2D eigenvalue weighted by Gasteiger charge is 2.50. The highest BCUT2D eigenvalue weighted by molar-refractivity contribution is 6.99. The molecule has 1 saturated heterocycles. The van der Waals surface area contributed by atoms with Crippen molar-refractivity contribution < 1.29 is 32.8 Å². The Morgan fingerprint density at radius 1 is 0.872 bits per heavy atom. The van der Waals surface area contributed by atoms with Crippen molar-refractivity contribution in [2.45, 2.75) is 83.0 Å². The molecule has 218 valence electrons. The smallest absolute Gasteiger partial charge is 0.261 e. The van der Waals surface area contributed by atoms with Gasteiger partial charge in [0.1, 0.15) is 13.6 Å². The fourth-order valence-corrected chi connectivity index (χ4v) is 9.98. The highest BCUT2D eigenvalue weighted by Crippen LogP contribution is 2.37. The van der Waals surface area contributed by atoms with Gasteiger partial charge < -0.3 is 32.8 Å². The van der Waals surface area contributed by atoms with E-state index in [1.807, 2.05) is 13.8 Å². The molecule has 0 unspecified atom stereocenters. The Morgan fingerprint density at radius 2 is 1.41 bits per heavy atom. The summed E-state index contributed by atoms with van der Waals surface area (Å²) in [4.78, 5) is 0. The molecule has 2 aromatic rings. The molecule has 1 aliphatic rings. The van der Waals surface area contributed by atoms with Gasteiger partial charge in [-0.05, 0) is 35.7 Å². The van der Waals surface area contributed by atoms with Gasteiger partial charge >= 0.3 is 0 Å². The largest absolute Gasteiger partial charge is 0.407 e. The van der Waals surface area contributed by atoms with Crippen molar-refractivity contribution in [1.29, 1.82) is 0 Å². The maximum absolute atomic E-state index is 7.11. The van der Waals surface area contributed by atoms with E-state index in [2.05, 4.69) is 81.4 Å². The predicted octanol–water partition coefficient (Wildman–Crippen LogP) is 4.86. The maximum Gasteiger partial charge on any atom is 0.261 e. The van der Waals surface area contributed by atoms with E-state index in [1.54, 1.807) is 14.2 Å². The van der Waals surface area contributed by atoms with Crippen LogP contribution in [-0.2, 0) is 32.8 Å². The van der Waals surface area contributed by atoms with Crippen molar-refractivity contribution in [3.63, 3.8) is 0 Å². The predicted molar refractivity (Wildman–Crippen MR) is 156 cm³/mol. The molecule has 8 heteroatoms. The van der Waals surface area contributed by atoms with Crippen LogP contribution in [0.3, 0.4) is 0 Å². The Labute approximate surface area is 236 Å². The fourth-order valence-electron chi connectivity index (χ4n) is 5.40. The molecular formula is C31H48O7Si. The second-order valence-corrected chi connectivity index (χ2v) is 15.9. The van der Waals surface area contributed by atoms with E-state index in [1.165, 1.54) is 10.4 Å². The van der Waals surface area contributed by atoms with E-state index >= 15 is 0 Å². The monoisotopic (exact) mass is 560 g/mol. The quantitative estimate of drug-likeness (QED) is 0.215. The van der Waals surface area contributed by atoms with E-state index < -0.39 is 14.1 Å². The van der Waals surface area contributed by atoms with Gasteiger partial charge in [0, 0.05) is 33.7 Å². The molecule has 0 N–H and O–H groups in total. The lowest BCUT2D eigenvalue weighted by atomic mass is 10.0. The van der Waals surface area contributed by atoms with Gasteiger partial charge in [-0.25, -0.2) is 0 Å². The molecule has 3 atom stereocenters. The van der Waals surface area contributed by atoms with E-state index in [4.69, 9.17) is 32.8 Å². The first-order valence-electron chi connectivity index (χ1n) is 13.9. The Hall–Kier alpha value is -1.62. The first kappa shape index (κ1) is 31.9. The first-order valence-corrected chi connectivity index (χ1v) is 15.8. The SMILES string of the molecule is COCO[C@H](C[C@H](CCO[Si](c1ccccc1)(c1ccccc1)C(C)(C)C)OCOC)C[C@@H]1COC(C)(C)O1. The second kappa shape index (κ2) is 14.8. The molecular weight excluding hydrogens is 512 g/mol. The summed E-state index contributed by atoms with van der Waals surface area (Å²) in [5.41, 5.74) is 0. The van der Waals surface area contributed by atoms with Crippen LogP contribution in [0.2, 0.25) is 5.04 Å². The zero-order chi connectivity index (χ0) is 28.4. The number of methoxy groups -OCH3 is 2. The molecule has 0 aromatic heterocycles. The summed E-state index contributed by atoms with van der Waals surface area (Å²) in [5, 5.41) is 2.44. The number of rotatable bonds is 16. The van der Waals surface area contributed by atoms with Crippen molar-refractivity contribution in [2.75, 3.05) is 41.0 Å². The number of ether oxygens (including phenoxy) is 6. The summed E-state index contributed by atoms with van der Waals surface area (Å²) in [6.45, 7) is 12.2. The minimum Gasteiger partial charge on any atom is -0.407 e. The standard InChI is InChI=1S/C31H48O7Si/c1-30(2,3)39(28-14-10-8-11-15-28,29-16-12-9-13-17-29)37-19-18-25(34-23-32-6)20-26(35-24-33-7)21-27-22-36-31(4,5)38-27/h8-17,25-27H,18-24H2,1-7H3/t25-,26+,27+/m0/s1. The summed E-state index contributed by atoms with van der Waals surface area (Å²) in [5.74, 6) is -0.577. The van der Waals surface area contributed by atoms with Gasteiger partial charge in [0.15, 0.2) is 5.79 Å². The van der Waals surface area contributed by atoms with Gasteiger partial charge in [-0.15, -0.1) is 0 Å². The third-order valence-electron chi connectivity index (χ3n) is 7.14. The number of hydrogen-bond donors (Lipinski definition) is 0. The van der Waals surface area contributed by atoms with Crippen LogP contribution in [0.1, 0.15) is 53.9 Å². The van der Waals surface area contributed by atoms with E-state index in [0.717, 1.165) is 0 Å². The molecule has 2 aromatic carbocycles. The molecule has 0 aliphatic carbocycles. The molecule has 0 radical (unpaired) electrons. The van der Waals surface area contributed by atoms with Crippen LogP contribution in [0.25, 0.3) is 0 Å². The second-order valence-electron chi connectivity index (χ2n) is 11.6. The van der Waals surface area contributed by atoms with Crippen molar-refractivity contribution in [3.05, 3.63) is 60.7 Å². The molecule has 3 rings (SSSR count). The Morgan fingerprint density at radius 3 is 1.87 bits per heavy atom. The van der Waals surface area contributed by atoms with E-state index in [0.29, 0.717) is 32.5 Å². The van der Waals surface area contributed by atoms with Crippen LogP contribution in [-0.4, -0.2) is 73.4 Å². The Balaban J connectivity index is 1.78. The van der Waals surface area contributed by atoms with E-state index in [9.17, 15) is 0 Å². The number of hydrogen-bond acceptors (Lipinski definition) is 7. The Bertz CT molecular complexity index is 909. The summed E-state index contributed by atoms with van der Waals surface area (Å²) >= 11 is 0. The van der Waals surface area contributed by atoms with Crippen molar-refractivity contribution in [3.8, 4) is 0 Å².